The topological polar surface area (TPSA) is 15.3 Å². The first-order valence-corrected chi connectivity index (χ1v) is 7.86. The first-order valence-electron chi connectivity index (χ1n) is 7.86. The van der Waals surface area contributed by atoms with Crippen LogP contribution < -0.4 is 5.32 Å². The van der Waals surface area contributed by atoms with Crippen LogP contribution in [-0.4, -0.2) is 37.1 Å². The lowest BCUT2D eigenvalue weighted by molar-refractivity contribution is 0.141. The number of nitrogens with one attached hydrogen (secondary N) is 1. The highest BCUT2D eigenvalue weighted by atomic mass is 15.2. The lowest BCUT2D eigenvalue weighted by atomic mass is 10.1. The maximum atomic E-state index is 3.56. The van der Waals surface area contributed by atoms with Crippen molar-refractivity contribution in [1.82, 2.24) is 10.2 Å². The quantitative estimate of drug-likeness (QED) is 0.654. The van der Waals surface area contributed by atoms with Crippen LogP contribution in [-0.2, 0) is 0 Å². The van der Waals surface area contributed by atoms with Crippen LogP contribution in [0.15, 0.2) is 0 Å². The predicted octanol–water partition coefficient (Wildman–Crippen LogP) is 3.03. The number of hydrogen-bond acceptors (Lipinski definition) is 2. The summed E-state index contributed by atoms with van der Waals surface area (Å²) in [6.07, 6.45) is 11.5. The summed E-state index contributed by atoms with van der Waals surface area (Å²) in [7, 11) is 0. The Morgan fingerprint density at radius 2 is 1.82 bits per heavy atom. The van der Waals surface area contributed by atoms with Crippen LogP contribution in [0.2, 0.25) is 0 Å². The lowest BCUT2D eigenvalue weighted by Crippen LogP contribution is -2.52. The molecule has 17 heavy (non-hydrogen) atoms. The van der Waals surface area contributed by atoms with Gasteiger partial charge in [0, 0.05) is 25.7 Å². The van der Waals surface area contributed by atoms with Gasteiger partial charge in [-0.3, -0.25) is 4.90 Å². The average molecular weight is 238 g/mol. The maximum absolute atomic E-state index is 3.56. The molecule has 0 aromatic carbocycles. The lowest BCUT2D eigenvalue weighted by Gasteiger charge is -2.36. The minimum Gasteiger partial charge on any atom is -0.314 e. The van der Waals surface area contributed by atoms with Gasteiger partial charge in [-0.2, -0.15) is 0 Å². The predicted molar refractivity (Wildman–Crippen MR) is 74.3 cm³/mol. The zero-order valence-electron chi connectivity index (χ0n) is 11.6. The number of hydrogen-bond donors (Lipinski definition) is 1. The third-order valence-corrected chi connectivity index (χ3v) is 4.36. The molecule has 1 atom stereocenters. The molecule has 2 aliphatic rings. The SMILES string of the molecule is CCCCCCCCN1CCNCC1C1CC1. The molecule has 1 heterocycles. The summed E-state index contributed by atoms with van der Waals surface area (Å²) in [6, 6.07) is 0.874. The van der Waals surface area contributed by atoms with Gasteiger partial charge in [0.1, 0.15) is 0 Å². The Labute approximate surface area is 107 Å². The molecule has 0 amide bonds. The van der Waals surface area contributed by atoms with E-state index in [1.807, 2.05) is 0 Å². The highest BCUT2D eigenvalue weighted by Gasteiger charge is 2.35. The van der Waals surface area contributed by atoms with E-state index >= 15 is 0 Å². The van der Waals surface area contributed by atoms with Crippen molar-refractivity contribution in [3.8, 4) is 0 Å². The van der Waals surface area contributed by atoms with Crippen LogP contribution in [0.4, 0.5) is 0 Å². The normalized spacial score (nSPS) is 26.3. The van der Waals surface area contributed by atoms with Gasteiger partial charge in [-0.05, 0) is 31.7 Å². The van der Waals surface area contributed by atoms with Gasteiger partial charge < -0.3 is 5.32 Å². The van der Waals surface area contributed by atoms with Crippen LogP contribution in [0, 0.1) is 5.92 Å². The largest absolute Gasteiger partial charge is 0.314 e. The molecule has 2 nitrogen and oxygen atoms in total. The summed E-state index contributed by atoms with van der Waals surface area (Å²) in [5, 5.41) is 3.56. The summed E-state index contributed by atoms with van der Waals surface area (Å²) >= 11 is 0. The Balaban J connectivity index is 1.56. The molecule has 1 aliphatic heterocycles. The molecule has 2 heteroatoms. The molecule has 0 aromatic heterocycles. The molecule has 1 aliphatic carbocycles. The smallest absolute Gasteiger partial charge is 0.0249 e. The number of rotatable bonds is 8. The van der Waals surface area contributed by atoms with Gasteiger partial charge in [0.25, 0.3) is 0 Å². The minimum atomic E-state index is 0.874. The van der Waals surface area contributed by atoms with Crippen LogP contribution >= 0.6 is 0 Å². The first kappa shape index (κ1) is 13.4. The van der Waals surface area contributed by atoms with Crippen molar-refractivity contribution in [2.24, 2.45) is 5.92 Å². The van der Waals surface area contributed by atoms with E-state index in [9.17, 15) is 0 Å². The fourth-order valence-electron chi connectivity index (χ4n) is 3.09. The molecular weight excluding hydrogens is 208 g/mol. The Kier molecular flexibility index (Phi) is 5.79. The summed E-state index contributed by atoms with van der Waals surface area (Å²) in [5.74, 6) is 1.03. The van der Waals surface area contributed by atoms with Gasteiger partial charge in [0.2, 0.25) is 0 Å². The van der Waals surface area contributed by atoms with Crippen molar-refractivity contribution < 1.29 is 0 Å². The first-order chi connectivity index (χ1) is 8.42. The second-order valence-electron chi connectivity index (χ2n) is 5.91. The molecule has 1 saturated carbocycles. The number of nitrogens with zero attached hydrogens (tertiary/aromatic N) is 1. The number of unbranched alkanes of at least 4 members (excludes halogenated alkanes) is 5. The van der Waals surface area contributed by atoms with E-state index in [4.69, 9.17) is 0 Å². The third kappa shape index (κ3) is 4.59. The molecule has 1 unspecified atom stereocenters. The highest BCUT2D eigenvalue weighted by Crippen LogP contribution is 2.35. The molecule has 2 fully saturated rings. The summed E-state index contributed by atoms with van der Waals surface area (Å²) in [6.45, 7) is 7.39. The van der Waals surface area contributed by atoms with E-state index in [1.54, 1.807) is 0 Å². The molecule has 100 valence electrons. The van der Waals surface area contributed by atoms with Crippen LogP contribution in [0.3, 0.4) is 0 Å². The fourth-order valence-corrected chi connectivity index (χ4v) is 3.09. The number of piperazine rings is 1. The van der Waals surface area contributed by atoms with E-state index in [0.717, 1.165) is 12.0 Å². The van der Waals surface area contributed by atoms with Gasteiger partial charge in [-0.25, -0.2) is 0 Å². The van der Waals surface area contributed by atoms with Crippen molar-refractivity contribution in [2.75, 3.05) is 26.2 Å². The Bertz CT molecular complexity index is 201. The second kappa shape index (κ2) is 7.38. The second-order valence-corrected chi connectivity index (χ2v) is 5.91. The summed E-state index contributed by atoms with van der Waals surface area (Å²) in [5.41, 5.74) is 0. The molecule has 2 rings (SSSR count). The van der Waals surface area contributed by atoms with Crippen molar-refractivity contribution in [3.63, 3.8) is 0 Å². The zero-order chi connectivity index (χ0) is 11.9. The molecule has 0 aromatic rings. The molecule has 0 bridgehead atoms. The zero-order valence-corrected chi connectivity index (χ0v) is 11.6. The van der Waals surface area contributed by atoms with E-state index < -0.39 is 0 Å². The van der Waals surface area contributed by atoms with E-state index in [1.165, 1.54) is 77.5 Å². The van der Waals surface area contributed by atoms with Crippen molar-refractivity contribution >= 4 is 0 Å². The molecular formula is C15H30N2. The Morgan fingerprint density at radius 1 is 1.06 bits per heavy atom. The monoisotopic (exact) mass is 238 g/mol. The van der Waals surface area contributed by atoms with Gasteiger partial charge in [0.05, 0.1) is 0 Å². The minimum absolute atomic E-state index is 0.874. The standard InChI is InChI=1S/C15H30N2/c1-2-3-4-5-6-7-11-17-12-10-16-13-15(17)14-8-9-14/h14-16H,2-13H2,1H3. The van der Waals surface area contributed by atoms with Crippen molar-refractivity contribution in [2.45, 2.75) is 64.3 Å². The summed E-state index contributed by atoms with van der Waals surface area (Å²) in [4.78, 5) is 2.77. The van der Waals surface area contributed by atoms with Gasteiger partial charge in [-0.15, -0.1) is 0 Å². The van der Waals surface area contributed by atoms with Crippen LogP contribution in [0.5, 0.6) is 0 Å². The molecule has 1 N–H and O–H groups in total. The Hall–Kier alpha value is -0.0800. The highest BCUT2D eigenvalue weighted by molar-refractivity contribution is 4.92. The fraction of sp³-hybridized carbons (Fsp3) is 1.00. The van der Waals surface area contributed by atoms with Gasteiger partial charge >= 0.3 is 0 Å². The Morgan fingerprint density at radius 3 is 2.59 bits per heavy atom. The van der Waals surface area contributed by atoms with Crippen molar-refractivity contribution in [3.05, 3.63) is 0 Å². The van der Waals surface area contributed by atoms with Crippen molar-refractivity contribution in [1.29, 1.82) is 0 Å². The van der Waals surface area contributed by atoms with E-state index in [2.05, 4.69) is 17.1 Å². The molecule has 0 spiro atoms. The maximum Gasteiger partial charge on any atom is 0.0249 e. The molecule has 1 saturated heterocycles. The van der Waals surface area contributed by atoms with Gasteiger partial charge in [-0.1, -0.05) is 39.0 Å². The van der Waals surface area contributed by atoms with Gasteiger partial charge in [0.15, 0.2) is 0 Å². The summed E-state index contributed by atoms with van der Waals surface area (Å²) < 4.78 is 0. The van der Waals surface area contributed by atoms with E-state index in [0.29, 0.717) is 0 Å². The van der Waals surface area contributed by atoms with Crippen LogP contribution in [0.25, 0.3) is 0 Å². The third-order valence-electron chi connectivity index (χ3n) is 4.36. The average Bonchev–Trinajstić information content (AvgIpc) is 3.18. The van der Waals surface area contributed by atoms with Crippen LogP contribution in [0.1, 0.15) is 58.3 Å². The molecule has 0 radical (unpaired) electrons. The van der Waals surface area contributed by atoms with E-state index in [-0.39, 0.29) is 0 Å².